The second kappa shape index (κ2) is 12.7. The zero-order valence-electron chi connectivity index (χ0n) is 14.9. The van der Waals surface area contributed by atoms with Crippen molar-refractivity contribution >= 4 is 76.6 Å². The molecule has 0 unspecified atom stereocenters. The monoisotopic (exact) mass is 444 g/mol. The van der Waals surface area contributed by atoms with Crippen LogP contribution >= 0.6 is 0 Å². The molecular weight excluding hydrogens is 430 g/mol. The van der Waals surface area contributed by atoms with Crippen molar-refractivity contribution in [3.63, 3.8) is 0 Å². The number of fused-ring (bicyclic) bond motifs is 1. The van der Waals surface area contributed by atoms with E-state index in [0.29, 0.717) is 5.39 Å². The fraction of sp³-hybridized carbons (Fsp3) is 0.0588. The third-order valence-corrected chi connectivity index (χ3v) is 4.98. The van der Waals surface area contributed by atoms with Gasteiger partial charge in [-0.25, -0.2) is 8.42 Å². The summed E-state index contributed by atoms with van der Waals surface area (Å²) in [7, 11) is -9.55. The van der Waals surface area contributed by atoms with Crippen LogP contribution in [0.25, 0.3) is 10.8 Å². The second-order valence-electron chi connectivity index (χ2n) is 5.18. The first-order valence-corrected chi connectivity index (χ1v) is 11.8. The van der Waals surface area contributed by atoms with Gasteiger partial charge < -0.3 is 13.7 Å². The summed E-state index contributed by atoms with van der Waals surface area (Å²) in [4.78, 5) is -0.157. The van der Waals surface area contributed by atoms with Crippen LogP contribution in [0, 0.1) is 0 Å². The molecular formula is C17H14AlNaO7S2. The van der Waals surface area contributed by atoms with Crippen molar-refractivity contribution in [3.05, 3.63) is 78.4 Å². The van der Waals surface area contributed by atoms with Gasteiger partial charge in [0, 0.05) is 10.4 Å². The van der Waals surface area contributed by atoms with E-state index in [1.54, 1.807) is 36.4 Å². The second-order valence-corrected chi connectivity index (χ2v) is 8.05. The van der Waals surface area contributed by atoms with E-state index in [9.17, 15) is 13.0 Å². The molecule has 3 aromatic rings. The maximum atomic E-state index is 10.9. The van der Waals surface area contributed by atoms with Crippen LogP contribution in [0.3, 0.4) is 0 Å². The molecule has 11 heteroatoms. The molecule has 0 heterocycles. The average Bonchev–Trinajstić information content (AvgIpc) is 2.60. The van der Waals surface area contributed by atoms with Gasteiger partial charge in [-0.3, -0.25) is 8.42 Å². The molecule has 0 fully saturated rings. The normalized spacial score (nSPS) is 10.6. The van der Waals surface area contributed by atoms with Crippen molar-refractivity contribution in [2.45, 2.75) is 8.57 Å². The topological polar surface area (TPSA) is 137 Å². The van der Waals surface area contributed by atoms with Gasteiger partial charge in [0.25, 0.3) is 0 Å². The van der Waals surface area contributed by atoms with Crippen LogP contribution in [0.5, 0.6) is 0 Å². The van der Waals surface area contributed by atoms with Crippen molar-refractivity contribution in [3.8, 4) is 0 Å². The molecule has 3 rings (SSSR count). The Morgan fingerprint density at radius 2 is 1.18 bits per heavy atom. The molecule has 3 aromatic carbocycles. The van der Waals surface area contributed by atoms with E-state index in [0.717, 1.165) is 5.39 Å². The third-order valence-electron chi connectivity index (χ3n) is 3.27. The first-order chi connectivity index (χ1) is 12.5. The molecule has 0 radical (unpaired) electrons. The maximum absolute atomic E-state index is 10.9. The molecule has 0 spiro atoms. The number of hydrogen-bond acceptors (Lipinski definition) is 7. The summed E-state index contributed by atoms with van der Waals surface area (Å²) >= 11 is 1.28. The van der Waals surface area contributed by atoms with Crippen molar-refractivity contribution in [2.75, 3.05) is 0 Å². The fourth-order valence-electron chi connectivity index (χ4n) is 2.13. The molecule has 28 heavy (non-hydrogen) atoms. The Bertz CT molecular complexity index is 1060. The van der Waals surface area contributed by atoms with Gasteiger partial charge in [-0.2, -0.15) is 0 Å². The molecule has 0 atom stereocenters. The molecule has 0 aliphatic rings. The molecule has 7 nitrogen and oxygen atoms in total. The first-order valence-electron chi connectivity index (χ1n) is 7.66. The number of benzene rings is 3. The predicted molar refractivity (Wildman–Crippen MR) is 104 cm³/mol. The molecule has 0 amide bonds. The van der Waals surface area contributed by atoms with Crippen LogP contribution in [-0.2, 0) is 24.2 Å². The number of rotatable bonds is 2. The molecule has 0 aliphatic carbocycles. The molecule has 0 saturated heterocycles. The van der Waals surface area contributed by atoms with E-state index in [2.05, 4.69) is 30.3 Å². The van der Waals surface area contributed by atoms with Crippen LogP contribution in [-0.4, -0.2) is 75.8 Å². The summed E-state index contributed by atoms with van der Waals surface area (Å²) in [5.41, 5.74) is 1.47. The first kappa shape index (κ1) is 27.2. The van der Waals surface area contributed by atoms with Gasteiger partial charge >= 0.3 is 84.9 Å². The average molecular weight is 444 g/mol. The van der Waals surface area contributed by atoms with Crippen molar-refractivity contribution < 1.29 is 30.5 Å². The van der Waals surface area contributed by atoms with Crippen molar-refractivity contribution in [2.24, 2.45) is 0 Å². The van der Waals surface area contributed by atoms with Gasteiger partial charge in [0.05, 0.1) is 4.90 Å². The molecule has 0 aromatic heterocycles. The minimum atomic E-state index is -5.17. The summed E-state index contributed by atoms with van der Waals surface area (Å²) in [5.74, 6) is 0. The molecule has 0 N–H and O–H groups in total. The Labute approximate surface area is 192 Å². The molecule has 0 bridgehead atoms. The van der Waals surface area contributed by atoms with Gasteiger partial charge in [-0.1, -0.05) is 36.4 Å². The van der Waals surface area contributed by atoms with E-state index < -0.39 is 20.5 Å². The van der Waals surface area contributed by atoms with E-state index >= 15 is 0 Å². The molecule has 140 valence electrons. The minimum absolute atomic E-state index is 0. The third kappa shape index (κ3) is 11.3. The zero-order valence-corrected chi connectivity index (χ0v) is 19.7. The van der Waals surface area contributed by atoms with Crippen molar-refractivity contribution in [1.82, 2.24) is 0 Å². The summed E-state index contributed by atoms with van der Waals surface area (Å²) < 4.78 is 68.0. The van der Waals surface area contributed by atoms with E-state index in [4.69, 9.17) is 17.5 Å². The van der Waals surface area contributed by atoms with Crippen LogP contribution in [0.2, 0.25) is 0 Å². The van der Waals surface area contributed by atoms with Gasteiger partial charge in [0.1, 0.15) is 10.1 Å². The Balaban J connectivity index is 0.000000444. The summed E-state index contributed by atoms with van der Waals surface area (Å²) in [5, 5.41) is 1.23. The van der Waals surface area contributed by atoms with Crippen LogP contribution in [0.1, 0.15) is 5.56 Å². The molecule has 0 saturated carbocycles. The predicted octanol–water partition coefficient (Wildman–Crippen LogP) is 1.38. The Morgan fingerprint density at radius 3 is 1.64 bits per heavy atom. The van der Waals surface area contributed by atoms with E-state index in [-0.39, 0.29) is 22.3 Å². The quantitative estimate of drug-likeness (QED) is 0.331. The van der Waals surface area contributed by atoms with Crippen LogP contribution in [0.4, 0.5) is 0 Å². The van der Waals surface area contributed by atoms with Gasteiger partial charge in [-0.15, -0.1) is 0 Å². The standard InChI is InChI=1S/C10H8O3S.C7H7.Al.Na.H2O4S/c11-14(12,13)10-7-3-5-8-4-1-2-6-9(8)10;1-7-5-3-2-4-6-7;;;1-5(2,3)4/h1-7H,(H,11,12,13);2-6H,1H2;;;(H2,1,2,3,4)/q;;+3;;/p-3. The SMILES string of the molecule is O=S(=O)([O-])[O-].O=S(=O)([O-])c1cccc2ccccc12.[Al+3].[Na][CH2]c1ccccc1. The fourth-order valence-corrected chi connectivity index (χ4v) is 3.30. The van der Waals surface area contributed by atoms with Gasteiger partial charge in [0.2, 0.25) is 0 Å². The Kier molecular flexibility index (Phi) is 12.4. The summed E-state index contributed by atoms with van der Waals surface area (Å²) in [6.07, 6.45) is 0. The summed E-state index contributed by atoms with van der Waals surface area (Å²) in [6, 6.07) is 22.1. The summed E-state index contributed by atoms with van der Waals surface area (Å²) in [6.45, 7) is 0. The Hall–Kier alpha value is -0.768. The van der Waals surface area contributed by atoms with E-state index in [1.165, 1.54) is 43.2 Å². The molecule has 0 aliphatic heterocycles. The van der Waals surface area contributed by atoms with E-state index in [1.807, 2.05) is 0 Å². The number of hydrogen-bond donors (Lipinski definition) is 0. The van der Waals surface area contributed by atoms with Gasteiger partial charge in [-0.05, 0) is 16.8 Å². The van der Waals surface area contributed by atoms with Crippen LogP contribution < -0.4 is 0 Å². The van der Waals surface area contributed by atoms with Crippen LogP contribution in [0.15, 0.2) is 77.7 Å². The zero-order chi connectivity index (χ0) is 20.5. The Morgan fingerprint density at radius 1 is 0.714 bits per heavy atom. The van der Waals surface area contributed by atoms with Crippen molar-refractivity contribution in [1.29, 1.82) is 0 Å². The van der Waals surface area contributed by atoms with Gasteiger partial charge in [0.15, 0.2) is 0 Å².